The van der Waals surface area contributed by atoms with Crippen LogP contribution in [0.4, 0.5) is 11.6 Å². The Balaban J connectivity index is 1.43. The number of aromatic nitrogens is 3. The molecule has 1 fully saturated rings. The lowest BCUT2D eigenvalue weighted by molar-refractivity contribution is 0.122. The van der Waals surface area contributed by atoms with Crippen LogP contribution in [0.1, 0.15) is 11.5 Å². The molecule has 0 spiro atoms. The van der Waals surface area contributed by atoms with Gasteiger partial charge in [-0.05, 0) is 19.1 Å². The summed E-state index contributed by atoms with van der Waals surface area (Å²) in [5, 5.41) is 3.35. The standard InChI is InChI=1S/C19H21N5O2/c1-14-22-18(10-19(23-14)24-5-8-25-9-6-24)21-12-17-3-2-15(11-20-17)16-4-7-26-13-16/h2-4,7,10-11,13H,5-6,8-9,12H2,1H3,(H,21,22,23). The van der Waals surface area contributed by atoms with E-state index in [1.807, 2.05) is 37.4 Å². The summed E-state index contributed by atoms with van der Waals surface area (Å²) < 4.78 is 10.5. The molecule has 134 valence electrons. The predicted molar refractivity (Wildman–Crippen MR) is 99.1 cm³/mol. The number of nitrogens with one attached hydrogen (secondary N) is 1. The van der Waals surface area contributed by atoms with Gasteiger partial charge in [-0.25, -0.2) is 9.97 Å². The molecule has 4 heterocycles. The van der Waals surface area contributed by atoms with Gasteiger partial charge in [-0.3, -0.25) is 4.98 Å². The maximum atomic E-state index is 5.41. The van der Waals surface area contributed by atoms with Crippen LogP contribution >= 0.6 is 0 Å². The monoisotopic (exact) mass is 351 g/mol. The predicted octanol–water partition coefficient (Wildman–Crippen LogP) is 2.89. The average Bonchev–Trinajstić information content (AvgIpc) is 3.22. The highest BCUT2D eigenvalue weighted by Gasteiger charge is 2.14. The van der Waals surface area contributed by atoms with E-state index in [1.54, 1.807) is 12.5 Å². The van der Waals surface area contributed by atoms with Crippen molar-refractivity contribution in [3.63, 3.8) is 0 Å². The van der Waals surface area contributed by atoms with Crippen LogP contribution in [0.5, 0.6) is 0 Å². The van der Waals surface area contributed by atoms with Gasteiger partial charge in [0.1, 0.15) is 17.5 Å². The molecule has 0 aliphatic carbocycles. The van der Waals surface area contributed by atoms with Crippen molar-refractivity contribution < 1.29 is 9.15 Å². The molecule has 7 heteroatoms. The number of furan rings is 1. The topological polar surface area (TPSA) is 76.3 Å². The number of anilines is 2. The number of nitrogens with zero attached hydrogens (tertiary/aromatic N) is 4. The number of hydrogen-bond acceptors (Lipinski definition) is 7. The highest BCUT2D eigenvalue weighted by Crippen LogP contribution is 2.20. The van der Waals surface area contributed by atoms with Crippen LogP contribution < -0.4 is 10.2 Å². The van der Waals surface area contributed by atoms with Crippen molar-refractivity contribution in [2.45, 2.75) is 13.5 Å². The molecule has 1 saturated heterocycles. The Kier molecular flexibility index (Phi) is 4.79. The smallest absolute Gasteiger partial charge is 0.134 e. The van der Waals surface area contributed by atoms with Gasteiger partial charge in [-0.15, -0.1) is 0 Å². The molecular weight excluding hydrogens is 330 g/mol. The molecule has 0 bridgehead atoms. The summed E-state index contributed by atoms with van der Waals surface area (Å²) in [7, 11) is 0. The molecule has 1 N–H and O–H groups in total. The second kappa shape index (κ2) is 7.53. The summed E-state index contributed by atoms with van der Waals surface area (Å²) in [6.07, 6.45) is 5.23. The molecule has 0 aromatic carbocycles. The van der Waals surface area contributed by atoms with E-state index in [2.05, 4.69) is 25.2 Å². The van der Waals surface area contributed by atoms with Crippen molar-refractivity contribution in [2.75, 3.05) is 36.5 Å². The first-order valence-corrected chi connectivity index (χ1v) is 8.68. The first-order chi connectivity index (χ1) is 12.8. The van der Waals surface area contributed by atoms with E-state index in [0.29, 0.717) is 6.54 Å². The zero-order chi connectivity index (χ0) is 17.8. The maximum absolute atomic E-state index is 5.41. The van der Waals surface area contributed by atoms with Crippen LogP contribution in [0.15, 0.2) is 47.4 Å². The van der Waals surface area contributed by atoms with Crippen molar-refractivity contribution in [3.05, 3.63) is 54.5 Å². The average molecular weight is 351 g/mol. The van der Waals surface area contributed by atoms with Gasteiger partial charge in [0, 0.05) is 36.5 Å². The molecule has 0 radical (unpaired) electrons. The third kappa shape index (κ3) is 3.83. The van der Waals surface area contributed by atoms with E-state index < -0.39 is 0 Å². The Bertz CT molecular complexity index is 843. The molecule has 7 nitrogen and oxygen atoms in total. The SMILES string of the molecule is Cc1nc(NCc2ccc(-c3ccoc3)cn2)cc(N2CCOCC2)n1. The van der Waals surface area contributed by atoms with Crippen molar-refractivity contribution >= 4 is 11.6 Å². The minimum atomic E-state index is 0.602. The number of aryl methyl sites for hydroxylation is 1. The Morgan fingerprint density at radius 3 is 2.73 bits per heavy atom. The Labute approximate surface area is 152 Å². The molecule has 4 rings (SSSR count). The van der Waals surface area contributed by atoms with Crippen molar-refractivity contribution in [1.29, 1.82) is 0 Å². The van der Waals surface area contributed by atoms with Gasteiger partial charge in [0.2, 0.25) is 0 Å². The third-order valence-corrected chi connectivity index (χ3v) is 4.29. The fourth-order valence-electron chi connectivity index (χ4n) is 2.91. The Morgan fingerprint density at radius 1 is 1.12 bits per heavy atom. The van der Waals surface area contributed by atoms with Crippen LogP contribution in [0.25, 0.3) is 11.1 Å². The van der Waals surface area contributed by atoms with E-state index in [1.165, 1.54) is 0 Å². The third-order valence-electron chi connectivity index (χ3n) is 4.29. The van der Waals surface area contributed by atoms with Crippen molar-refractivity contribution in [1.82, 2.24) is 15.0 Å². The number of ether oxygens (including phenoxy) is 1. The summed E-state index contributed by atoms with van der Waals surface area (Å²) in [5.41, 5.74) is 3.01. The van der Waals surface area contributed by atoms with Crippen LogP contribution in [-0.2, 0) is 11.3 Å². The summed E-state index contributed by atoms with van der Waals surface area (Å²) in [4.78, 5) is 15.8. The van der Waals surface area contributed by atoms with E-state index >= 15 is 0 Å². The zero-order valence-electron chi connectivity index (χ0n) is 14.7. The largest absolute Gasteiger partial charge is 0.472 e. The molecule has 1 aliphatic rings. The molecule has 3 aromatic rings. The number of pyridine rings is 1. The van der Waals surface area contributed by atoms with Gasteiger partial charge in [0.05, 0.1) is 38.0 Å². The molecule has 0 unspecified atom stereocenters. The van der Waals surface area contributed by atoms with Crippen LogP contribution in [0.2, 0.25) is 0 Å². The van der Waals surface area contributed by atoms with Crippen LogP contribution in [0.3, 0.4) is 0 Å². The highest BCUT2D eigenvalue weighted by molar-refractivity contribution is 5.60. The van der Waals surface area contributed by atoms with E-state index in [4.69, 9.17) is 9.15 Å². The van der Waals surface area contributed by atoms with E-state index in [0.717, 1.165) is 60.6 Å². The van der Waals surface area contributed by atoms with E-state index in [9.17, 15) is 0 Å². The minimum Gasteiger partial charge on any atom is -0.472 e. The molecule has 0 amide bonds. The highest BCUT2D eigenvalue weighted by atomic mass is 16.5. The zero-order valence-corrected chi connectivity index (χ0v) is 14.7. The second-order valence-electron chi connectivity index (χ2n) is 6.16. The van der Waals surface area contributed by atoms with Gasteiger partial charge in [-0.1, -0.05) is 6.07 Å². The quantitative estimate of drug-likeness (QED) is 0.757. The maximum Gasteiger partial charge on any atom is 0.134 e. The van der Waals surface area contributed by atoms with Gasteiger partial charge < -0.3 is 19.4 Å². The van der Waals surface area contributed by atoms with Gasteiger partial charge >= 0.3 is 0 Å². The minimum absolute atomic E-state index is 0.602. The number of rotatable bonds is 5. The van der Waals surface area contributed by atoms with Gasteiger partial charge in [-0.2, -0.15) is 0 Å². The normalized spacial score (nSPS) is 14.4. The van der Waals surface area contributed by atoms with Crippen molar-refractivity contribution in [3.8, 4) is 11.1 Å². The first kappa shape index (κ1) is 16.5. The summed E-state index contributed by atoms with van der Waals surface area (Å²) in [5.74, 6) is 2.49. The molecule has 0 atom stereocenters. The molecule has 1 aliphatic heterocycles. The Hall–Kier alpha value is -2.93. The fraction of sp³-hybridized carbons (Fsp3) is 0.316. The van der Waals surface area contributed by atoms with Crippen LogP contribution in [-0.4, -0.2) is 41.3 Å². The summed E-state index contributed by atoms with van der Waals surface area (Å²) in [6.45, 7) is 5.69. The molecule has 26 heavy (non-hydrogen) atoms. The lowest BCUT2D eigenvalue weighted by Crippen LogP contribution is -2.37. The summed E-state index contributed by atoms with van der Waals surface area (Å²) >= 11 is 0. The number of hydrogen-bond donors (Lipinski definition) is 1. The van der Waals surface area contributed by atoms with E-state index in [-0.39, 0.29) is 0 Å². The fourth-order valence-corrected chi connectivity index (χ4v) is 2.91. The molecule has 3 aromatic heterocycles. The van der Waals surface area contributed by atoms with Gasteiger partial charge in [0.25, 0.3) is 0 Å². The lowest BCUT2D eigenvalue weighted by atomic mass is 10.1. The Morgan fingerprint density at radius 2 is 2.00 bits per heavy atom. The summed E-state index contributed by atoms with van der Waals surface area (Å²) in [6, 6.07) is 7.95. The van der Waals surface area contributed by atoms with Crippen molar-refractivity contribution in [2.24, 2.45) is 0 Å². The molecule has 0 saturated carbocycles. The lowest BCUT2D eigenvalue weighted by Gasteiger charge is -2.28. The second-order valence-corrected chi connectivity index (χ2v) is 6.16. The number of morpholine rings is 1. The first-order valence-electron chi connectivity index (χ1n) is 8.68. The van der Waals surface area contributed by atoms with Gasteiger partial charge in [0.15, 0.2) is 0 Å². The van der Waals surface area contributed by atoms with Crippen LogP contribution in [0, 0.1) is 6.92 Å². The molecular formula is C19H21N5O2.